The number of nitrogens with two attached hydrogens (primary N) is 1. The van der Waals surface area contributed by atoms with Gasteiger partial charge in [-0.3, -0.25) is 0 Å². The predicted octanol–water partition coefficient (Wildman–Crippen LogP) is -0.224. The van der Waals surface area contributed by atoms with Gasteiger partial charge in [0.25, 0.3) is 0 Å². The van der Waals surface area contributed by atoms with E-state index in [2.05, 4.69) is 5.43 Å². The molecule has 5 nitrogen and oxygen atoms in total. The SMILES string of the molecule is CC1=CN([C@@H](C)[C@@H](C)S(N)(=O)=O)NC1. The van der Waals surface area contributed by atoms with Crippen molar-refractivity contribution in [1.82, 2.24) is 10.4 Å². The van der Waals surface area contributed by atoms with E-state index in [1.165, 1.54) is 5.57 Å². The van der Waals surface area contributed by atoms with E-state index >= 15 is 0 Å². The Morgan fingerprint density at radius 2 is 2.14 bits per heavy atom. The summed E-state index contributed by atoms with van der Waals surface area (Å²) < 4.78 is 22.2. The van der Waals surface area contributed by atoms with Crippen LogP contribution in [0, 0.1) is 0 Å². The fraction of sp³-hybridized carbons (Fsp3) is 0.750. The second-order valence-corrected chi connectivity index (χ2v) is 5.67. The molecule has 0 aromatic heterocycles. The van der Waals surface area contributed by atoms with Gasteiger partial charge in [0.1, 0.15) is 0 Å². The fourth-order valence-corrected chi connectivity index (χ4v) is 1.99. The number of hydrogen-bond donors (Lipinski definition) is 2. The predicted molar refractivity (Wildman–Crippen MR) is 55.6 cm³/mol. The van der Waals surface area contributed by atoms with Gasteiger partial charge in [-0.05, 0) is 26.3 Å². The summed E-state index contributed by atoms with van der Waals surface area (Å²) in [6.07, 6.45) is 1.91. The molecule has 82 valence electrons. The van der Waals surface area contributed by atoms with Crippen LogP contribution in [0.5, 0.6) is 0 Å². The van der Waals surface area contributed by atoms with Gasteiger partial charge in [0.15, 0.2) is 0 Å². The molecule has 3 N–H and O–H groups in total. The Labute approximate surface area is 85.0 Å². The van der Waals surface area contributed by atoms with Crippen LogP contribution in [-0.2, 0) is 10.0 Å². The van der Waals surface area contributed by atoms with Gasteiger partial charge in [-0.1, -0.05) is 0 Å². The number of hydrazine groups is 1. The highest BCUT2D eigenvalue weighted by Gasteiger charge is 2.28. The van der Waals surface area contributed by atoms with Crippen molar-refractivity contribution >= 4 is 10.0 Å². The molecule has 0 unspecified atom stereocenters. The minimum Gasteiger partial charge on any atom is -0.311 e. The maximum atomic E-state index is 11.1. The Balaban J connectivity index is 2.71. The molecule has 0 radical (unpaired) electrons. The number of rotatable bonds is 3. The quantitative estimate of drug-likeness (QED) is 0.688. The first-order valence-electron chi connectivity index (χ1n) is 4.53. The van der Waals surface area contributed by atoms with E-state index in [0.29, 0.717) is 0 Å². The van der Waals surface area contributed by atoms with E-state index in [1.54, 1.807) is 11.9 Å². The molecular weight excluding hydrogens is 202 g/mol. The van der Waals surface area contributed by atoms with Gasteiger partial charge in [0.2, 0.25) is 10.0 Å². The summed E-state index contributed by atoms with van der Waals surface area (Å²) in [4.78, 5) is 0. The average molecular weight is 219 g/mol. The van der Waals surface area contributed by atoms with Crippen molar-refractivity contribution in [3.63, 3.8) is 0 Å². The van der Waals surface area contributed by atoms with Crippen molar-refractivity contribution in [2.24, 2.45) is 5.14 Å². The van der Waals surface area contributed by atoms with Crippen molar-refractivity contribution in [2.75, 3.05) is 6.54 Å². The monoisotopic (exact) mass is 219 g/mol. The highest BCUT2D eigenvalue weighted by Crippen LogP contribution is 2.13. The summed E-state index contributed by atoms with van der Waals surface area (Å²) in [6.45, 7) is 6.20. The molecule has 1 rings (SSSR count). The van der Waals surface area contributed by atoms with Crippen LogP contribution < -0.4 is 10.6 Å². The molecule has 0 spiro atoms. The summed E-state index contributed by atoms with van der Waals surface area (Å²) in [5.41, 5.74) is 4.26. The Hall–Kier alpha value is -0.590. The van der Waals surface area contributed by atoms with E-state index in [9.17, 15) is 8.42 Å². The Morgan fingerprint density at radius 1 is 1.57 bits per heavy atom. The van der Waals surface area contributed by atoms with Crippen molar-refractivity contribution in [2.45, 2.75) is 32.1 Å². The number of nitrogens with zero attached hydrogens (tertiary/aromatic N) is 1. The molecule has 0 aromatic carbocycles. The number of sulfonamides is 1. The van der Waals surface area contributed by atoms with Crippen LogP contribution in [0.15, 0.2) is 11.8 Å². The molecular formula is C8H17N3O2S. The summed E-state index contributed by atoms with van der Waals surface area (Å²) >= 11 is 0. The molecule has 0 saturated carbocycles. The minimum atomic E-state index is -3.47. The second-order valence-electron chi connectivity index (χ2n) is 3.75. The van der Waals surface area contributed by atoms with Crippen molar-refractivity contribution in [1.29, 1.82) is 0 Å². The van der Waals surface area contributed by atoms with Gasteiger partial charge >= 0.3 is 0 Å². The first-order chi connectivity index (χ1) is 6.32. The summed E-state index contributed by atoms with van der Waals surface area (Å²) in [5.74, 6) is 0. The van der Waals surface area contributed by atoms with E-state index < -0.39 is 15.3 Å². The summed E-state index contributed by atoms with van der Waals surface area (Å²) in [6, 6.07) is -0.164. The molecule has 0 bridgehead atoms. The molecule has 1 heterocycles. The molecule has 6 heteroatoms. The third-order valence-corrected chi connectivity index (χ3v) is 3.97. The fourth-order valence-electron chi connectivity index (χ4n) is 1.31. The molecule has 0 aromatic rings. The van der Waals surface area contributed by atoms with E-state index in [4.69, 9.17) is 5.14 Å². The van der Waals surface area contributed by atoms with E-state index in [-0.39, 0.29) is 6.04 Å². The lowest BCUT2D eigenvalue weighted by atomic mass is 10.2. The highest BCUT2D eigenvalue weighted by molar-refractivity contribution is 7.89. The third-order valence-electron chi connectivity index (χ3n) is 2.54. The zero-order valence-electron chi connectivity index (χ0n) is 8.69. The zero-order chi connectivity index (χ0) is 10.9. The first kappa shape index (κ1) is 11.5. The van der Waals surface area contributed by atoms with Gasteiger partial charge in [0, 0.05) is 12.7 Å². The molecule has 1 aliphatic rings. The second kappa shape index (κ2) is 3.88. The van der Waals surface area contributed by atoms with Gasteiger partial charge in [0.05, 0.1) is 11.3 Å². The van der Waals surface area contributed by atoms with Gasteiger partial charge in [-0.25, -0.2) is 19.0 Å². The van der Waals surface area contributed by atoms with Crippen LogP contribution in [0.25, 0.3) is 0 Å². The smallest absolute Gasteiger partial charge is 0.213 e. The van der Waals surface area contributed by atoms with Crippen LogP contribution in [-0.4, -0.2) is 31.3 Å². The molecule has 1 aliphatic heterocycles. The zero-order valence-corrected chi connectivity index (χ0v) is 9.50. The maximum Gasteiger partial charge on any atom is 0.213 e. The normalized spacial score (nSPS) is 22.0. The number of nitrogens with one attached hydrogen (secondary N) is 1. The van der Waals surface area contributed by atoms with Crippen LogP contribution in [0.4, 0.5) is 0 Å². The van der Waals surface area contributed by atoms with Crippen LogP contribution >= 0.6 is 0 Å². The van der Waals surface area contributed by atoms with Gasteiger partial charge in [-0.2, -0.15) is 0 Å². The van der Waals surface area contributed by atoms with Crippen LogP contribution in [0.3, 0.4) is 0 Å². The summed E-state index contributed by atoms with van der Waals surface area (Å²) in [5, 5.41) is 6.29. The lowest BCUT2D eigenvalue weighted by Crippen LogP contribution is -2.47. The standard InChI is InChI=1S/C8H17N3O2S/c1-6-4-10-11(5-6)7(2)8(3)14(9,12)13/h5,7-8,10H,4H2,1-3H3,(H2,9,12,13)/t7-,8+/m0/s1. The molecule has 14 heavy (non-hydrogen) atoms. The topological polar surface area (TPSA) is 75.4 Å². The Morgan fingerprint density at radius 3 is 2.50 bits per heavy atom. The van der Waals surface area contributed by atoms with Gasteiger partial charge < -0.3 is 5.01 Å². The van der Waals surface area contributed by atoms with Gasteiger partial charge in [-0.15, -0.1) is 0 Å². The van der Waals surface area contributed by atoms with Crippen LogP contribution in [0.1, 0.15) is 20.8 Å². The Bertz CT molecular complexity index is 336. The number of hydrogen-bond acceptors (Lipinski definition) is 4. The molecule has 0 fully saturated rings. The van der Waals surface area contributed by atoms with Crippen molar-refractivity contribution in [3.8, 4) is 0 Å². The van der Waals surface area contributed by atoms with E-state index in [1.807, 2.05) is 20.0 Å². The third kappa shape index (κ3) is 2.46. The molecule has 0 amide bonds. The molecule has 0 aliphatic carbocycles. The molecule has 2 atom stereocenters. The molecule has 0 saturated heterocycles. The minimum absolute atomic E-state index is 0.164. The Kier molecular flexibility index (Phi) is 3.18. The van der Waals surface area contributed by atoms with Crippen molar-refractivity contribution < 1.29 is 8.42 Å². The lowest BCUT2D eigenvalue weighted by Gasteiger charge is -2.28. The highest BCUT2D eigenvalue weighted by atomic mass is 32.2. The lowest BCUT2D eigenvalue weighted by molar-refractivity contribution is 0.231. The average Bonchev–Trinajstić information content (AvgIpc) is 2.47. The van der Waals surface area contributed by atoms with E-state index in [0.717, 1.165) is 6.54 Å². The number of primary sulfonamides is 1. The van der Waals surface area contributed by atoms with Crippen molar-refractivity contribution in [3.05, 3.63) is 11.8 Å². The van der Waals surface area contributed by atoms with Crippen LogP contribution in [0.2, 0.25) is 0 Å². The largest absolute Gasteiger partial charge is 0.311 e. The first-order valence-corrected chi connectivity index (χ1v) is 6.14. The maximum absolute atomic E-state index is 11.1. The summed E-state index contributed by atoms with van der Waals surface area (Å²) in [7, 11) is -3.47.